The van der Waals surface area contributed by atoms with E-state index >= 15 is 0 Å². The summed E-state index contributed by atoms with van der Waals surface area (Å²) in [5.41, 5.74) is 9.01. The molecule has 4 atom stereocenters. The van der Waals surface area contributed by atoms with E-state index in [9.17, 15) is 4.79 Å². The van der Waals surface area contributed by atoms with Crippen LogP contribution < -0.4 is 5.73 Å². The van der Waals surface area contributed by atoms with Crippen LogP contribution in [0.5, 0.6) is 0 Å². The van der Waals surface area contributed by atoms with Gasteiger partial charge in [0.25, 0.3) is 0 Å². The molecule has 0 bridgehead atoms. The fourth-order valence-corrected chi connectivity index (χ4v) is 4.76. The van der Waals surface area contributed by atoms with Crippen LogP contribution in [0.4, 0.5) is 0 Å². The Labute approximate surface area is 138 Å². The third-order valence-corrected chi connectivity index (χ3v) is 6.29. The van der Waals surface area contributed by atoms with Gasteiger partial charge in [0.2, 0.25) is 5.91 Å². The fourth-order valence-electron chi connectivity index (χ4n) is 4.76. The van der Waals surface area contributed by atoms with Crippen molar-refractivity contribution in [2.75, 3.05) is 19.6 Å². The summed E-state index contributed by atoms with van der Waals surface area (Å²) in [6, 6.07) is 8.88. The van der Waals surface area contributed by atoms with Crippen molar-refractivity contribution in [1.29, 1.82) is 0 Å². The first-order valence-electron chi connectivity index (χ1n) is 8.98. The number of likely N-dealkylation sites (tertiary alicyclic amines) is 1. The molecule has 4 nitrogen and oxygen atoms in total. The zero-order valence-electron chi connectivity index (χ0n) is 13.9. The summed E-state index contributed by atoms with van der Waals surface area (Å²) in [7, 11) is 0. The molecular weight excluding hydrogens is 286 g/mol. The molecule has 0 radical (unpaired) electrons. The van der Waals surface area contributed by atoms with Crippen molar-refractivity contribution in [3.05, 3.63) is 35.4 Å². The Bertz CT molecular complexity index is 602. The summed E-state index contributed by atoms with van der Waals surface area (Å²) in [5.74, 6) is 1.47. The minimum absolute atomic E-state index is 0.0293. The second-order valence-corrected chi connectivity index (χ2v) is 7.57. The van der Waals surface area contributed by atoms with Crippen LogP contribution in [0, 0.1) is 11.8 Å². The fraction of sp³-hybridized carbons (Fsp3) is 0.632. The number of nitrogens with two attached hydrogens (primary N) is 1. The van der Waals surface area contributed by atoms with Crippen molar-refractivity contribution in [3.8, 4) is 0 Å². The summed E-state index contributed by atoms with van der Waals surface area (Å²) < 4.78 is 0. The number of benzene rings is 1. The van der Waals surface area contributed by atoms with Crippen molar-refractivity contribution < 1.29 is 4.79 Å². The Morgan fingerprint density at radius 1 is 1.22 bits per heavy atom. The van der Waals surface area contributed by atoms with Gasteiger partial charge >= 0.3 is 0 Å². The van der Waals surface area contributed by atoms with Gasteiger partial charge in [-0.05, 0) is 49.1 Å². The maximum absolute atomic E-state index is 12.9. The molecule has 3 aliphatic rings. The van der Waals surface area contributed by atoms with Crippen LogP contribution in [-0.2, 0) is 17.8 Å². The van der Waals surface area contributed by atoms with E-state index in [2.05, 4.69) is 41.0 Å². The Kier molecular flexibility index (Phi) is 3.90. The molecule has 1 saturated heterocycles. The first-order chi connectivity index (χ1) is 11.1. The number of hydrogen-bond acceptors (Lipinski definition) is 3. The molecule has 124 valence electrons. The number of carbonyl (C=O) groups is 1. The lowest BCUT2D eigenvalue weighted by atomic mass is 9.98. The van der Waals surface area contributed by atoms with Crippen LogP contribution in [-0.4, -0.2) is 47.4 Å². The number of carbonyl (C=O) groups excluding carboxylic acids is 1. The second-order valence-electron chi connectivity index (χ2n) is 7.57. The van der Waals surface area contributed by atoms with E-state index in [0.717, 1.165) is 39.0 Å². The highest BCUT2D eigenvalue weighted by Gasteiger charge is 2.43. The lowest BCUT2D eigenvalue weighted by Crippen LogP contribution is -2.48. The highest BCUT2D eigenvalue weighted by atomic mass is 16.2. The Morgan fingerprint density at radius 3 is 2.78 bits per heavy atom. The van der Waals surface area contributed by atoms with Crippen molar-refractivity contribution in [2.45, 2.75) is 44.8 Å². The quantitative estimate of drug-likeness (QED) is 0.903. The van der Waals surface area contributed by atoms with Crippen LogP contribution in [0.2, 0.25) is 0 Å². The molecule has 1 amide bonds. The minimum atomic E-state index is -0.0293. The van der Waals surface area contributed by atoms with Crippen LogP contribution in [0.3, 0.4) is 0 Å². The Hall–Kier alpha value is -1.39. The summed E-state index contributed by atoms with van der Waals surface area (Å²) in [6.07, 6.45) is 3.38. The molecule has 1 aromatic rings. The molecule has 0 aromatic heterocycles. The molecule has 4 heteroatoms. The third kappa shape index (κ3) is 2.68. The molecule has 1 saturated carbocycles. The maximum Gasteiger partial charge on any atom is 0.239 e. The summed E-state index contributed by atoms with van der Waals surface area (Å²) in [5, 5.41) is 0. The highest BCUT2D eigenvalue weighted by molar-refractivity contribution is 5.82. The average molecular weight is 313 g/mol. The number of rotatable bonds is 2. The smallest absolute Gasteiger partial charge is 0.239 e. The molecule has 2 heterocycles. The van der Waals surface area contributed by atoms with Gasteiger partial charge in [0.05, 0.1) is 6.04 Å². The lowest BCUT2D eigenvalue weighted by Gasteiger charge is -2.35. The normalized spacial score (nSPS) is 31.7. The van der Waals surface area contributed by atoms with E-state index in [1.165, 1.54) is 17.5 Å². The largest absolute Gasteiger partial charge is 0.341 e. The van der Waals surface area contributed by atoms with Gasteiger partial charge in [0.1, 0.15) is 0 Å². The zero-order valence-corrected chi connectivity index (χ0v) is 13.9. The molecule has 0 spiro atoms. The standard InChI is InChI=1S/C19H27N3O/c1-13(21-9-8-14-4-2-3-5-15(14)10-21)19(23)22-11-16-6-7-18(20)17(16)12-22/h2-5,13,16-18H,6-12,20H2,1H3. The van der Waals surface area contributed by atoms with Crippen LogP contribution in [0.25, 0.3) is 0 Å². The molecular formula is C19H27N3O. The summed E-state index contributed by atoms with van der Waals surface area (Å²) in [4.78, 5) is 17.4. The Morgan fingerprint density at radius 2 is 2.00 bits per heavy atom. The molecule has 23 heavy (non-hydrogen) atoms. The second kappa shape index (κ2) is 5.91. The predicted molar refractivity (Wildman–Crippen MR) is 90.8 cm³/mol. The number of fused-ring (bicyclic) bond motifs is 2. The minimum Gasteiger partial charge on any atom is -0.341 e. The molecule has 4 rings (SSSR count). The molecule has 1 aromatic carbocycles. The van der Waals surface area contributed by atoms with Gasteiger partial charge in [-0.3, -0.25) is 9.69 Å². The predicted octanol–water partition coefficient (Wildman–Crippen LogP) is 1.63. The molecule has 2 N–H and O–H groups in total. The van der Waals surface area contributed by atoms with Gasteiger partial charge in [0.15, 0.2) is 0 Å². The van der Waals surface area contributed by atoms with Crippen molar-refractivity contribution >= 4 is 5.91 Å². The molecule has 2 fully saturated rings. The molecule has 1 aliphatic carbocycles. The van der Waals surface area contributed by atoms with E-state index < -0.39 is 0 Å². The van der Waals surface area contributed by atoms with Crippen LogP contribution in [0.15, 0.2) is 24.3 Å². The van der Waals surface area contributed by atoms with Crippen molar-refractivity contribution in [2.24, 2.45) is 17.6 Å². The van der Waals surface area contributed by atoms with Gasteiger partial charge in [0, 0.05) is 32.2 Å². The van der Waals surface area contributed by atoms with E-state index in [1.807, 2.05) is 0 Å². The topological polar surface area (TPSA) is 49.6 Å². The van der Waals surface area contributed by atoms with E-state index in [1.54, 1.807) is 0 Å². The Balaban J connectivity index is 1.42. The molecule has 4 unspecified atom stereocenters. The van der Waals surface area contributed by atoms with E-state index in [-0.39, 0.29) is 6.04 Å². The average Bonchev–Trinajstić information content (AvgIpc) is 3.15. The third-order valence-electron chi connectivity index (χ3n) is 6.29. The number of amides is 1. The zero-order chi connectivity index (χ0) is 16.0. The summed E-state index contributed by atoms with van der Waals surface area (Å²) in [6.45, 7) is 5.74. The van der Waals surface area contributed by atoms with Crippen molar-refractivity contribution in [1.82, 2.24) is 9.80 Å². The van der Waals surface area contributed by atoms with Gasteiger partial charge in [-0.1, -0.05) is 24.3 Å². The van der Waals surface area contributed by atoms with Gasteiger partial charge in [-0.25, -0.2) is 0 Å². The summed E-state index contributed by atoms with van der Waals surface area (Å²) >= 11 is 0. The first kappa shape index (κ1) is 15.2. The first-order valence-corrected chi connectivity index (χ1v) is 8.98. The maximum atomic E-state index is 12.9. The van der Waals surface area contributed by atoms with Crippen molar-refractivity contribution in [3.63, 3.8) is 0 Å². The van der Waals surface area contributed by atoms with E-state index in [0.29, 0.717) is 23.8 Å². The van der Waals surface area contributed by atoms with Gasteiger partial charge in [-0.2, -0.15) is 0 Å². The van der Waals surface area contributed by atoms with Crippen LogP contribution >= 0.6 is 0 Å². The molecule has 2 aliphatic heterocycles. The van der Waals surface area contributed by atoms with Gasteiger partial charge in [-0.15, -0.1) is 0 Å². The monoisotopic (exact) mass is 313 g/mol. The number of hydrogen-bond donors (Lipinski definition) is 1. The number of nitrogens with zero attached hydrogens (tertiary/aromatic N) is 2. The highest BCUT2D eigenvalue weighted by Crippen LogP contribution is 2.37. The lowest BCUT2D eigenvalue weighted by molar-refractivity contribution is -0.136. The van der Waals surface area contributed by atoms with Gasteiger partial charge < -0.3 is 10.6 Å². The SMILES string of the molecule is CC(C(=O)N1CC2CCC(N)C2C1)N1CCc2ccccc2C1. The van der Waals surface area contributed by atoms with Crippen LogP contribution in [0.1, 0.15) is 30.9 Å². The van der Waals surface area contributed by atoms with E-state index in [4.69, 9.17) is 5.73 Å².